The van der Waals surface area contributed by atoms with Crippen molar-refractivity contribution in [2.24, 2.45) is 0 Å². The summed E-state index contributed by atoms with van der Waals surface area (Å²) in [5, 5.41) is 0. The van der Waals surface area contributed by atoms with Gasteiger partial charge in [0.2, 0.25) is 0 Å². The van der Waals surface area contributed by atoms with E-state index in [0.717, 1.165) is 22.8 Å². The summed E-state index contributed by atoms with van der Waals surface area (Å²) in [5.74, 6) is 1.49. The van der Waals surface area contributed by atoms with E-state index in [1.807, 2.05) is 18.2 Å². The number of halogens is 1. The van der Waals surface area contributed by atoms with Crippen LogP contribution in [0, 0.1) is 0 Å². The van der Waals surface area contributed by atoms with Gasteiger partial charge in [-0.05, 0) is 34.1 Å². The van der Waals surface area contributed by atoms with Crippen LogP contribution in [0.1, 0.15) is 0 Å². The number of hydrogen-bond donors (Lipinski definition) is 0. The van der Waals surface area contributed by atoms with Gasteiger partial charge in [0.1, 0.15) is 16.1 Å². The van der Waals surface area contributed by atoms with E-state index in [0.29, 0.717) is 4.60 Å². The van der Waals surface area contributed by atoms with Crippen LogP contribution in [0.5, 0.6) is 11.5 Å². The first-order valence-corrected chi connectivity index (χ1v) is 5.74. The minimum absolute atomic E-state index is 0.697. The lowest BCUT2D eigenvalue weighted by Gasteiger charge is -2.09. The van der Waals surface area contributed by atoms with Crippen molar-refractivity contribution in [2.45, 2.75) is 0 Å². The molecule has 0 spiro atoms. The van der Waals surface area contributed by atoms with Gasteiger partial charge in [0.05, 0.1) is 32.3 Å². The maximum absolute atomic E-state index is 5.29. The highest BCUT2D eigenvalue weighted by Crippen LogP contribution is 2.31. The lowest BCUT2D eigenvalue weighted by molar-refractivity contribution is 0.404. The van der Waals surface area contributed by atoms with Gasteiger partial charge in [-0.1, -0.05) is 0 Å². The molecule has 0 unspecified atom stereocenters. The van der Waals surface area contributed by atoms with Gasteiger partial charge in [-0.15, -0.1) is 0 Å². The minimum atomic E-state index is 0.697. The van der Waals surface area contributed by atoms with Crippen molar-refractivity contribution in [3.8, 4) is 22.8 Å². The van der Waals surface area contributed by atoms with Crippen molar-refractivity contribution in [1.29, 1.82) is 0 Å². The number of hydrogen-bond acceptors (Lipinski definition) is 4. The number of aromatic nitrogens is 2. The molecule has 0 fully saturated rings. The zero-order valence-electron chi connectivity index (χ0n) is 9.48. The Morgan fingerprint density at radius 3 is 2.47 bits per heavy atom. The Hall–Kier alpha value is -1.62. The molecule has 0 saturated heterocycles. The summed E-state index contributed by atoms with van der Waals surface area (Å²) in [6.45, 7) is 0. The monoisotopic (exact) mass is 294 g/mol. The first-order valence-electron chi connectivity index (χ1n) is 4.94. The van der Waals surface area contributed by atoms with E-state index < -0.39 is 0 Å². The number of ether oxygens (including phenoxy) is 2. The third-order valence-electron chi connectivity index (χ3n) is 2.30. The van der Waals surface area contributed by atoms with Crippen LogP contribution in [0.25, 0.3) is 11.3 Å². The van der Waals surface area contributed by atoms with Crippen molar-refractivity contribution in [2.75, 3.05) is 14.2 Å². The molecular formula is C12H11BrN2O2. The highest BCUT2D eigenvalue weighted by Gasteiger charge is 2.09. The molecule has 17 heavy (non-hydrogen) atoms. The average Bonchev–Trinajstić information content (AvgIpc) is 2.39. The maximum Gasteiger partial charge on any atom is 0.128 e. The topological polar surface area (TPSA) is 44.2 Å². The van der Waals surface area contributed by atoms with Gasteiger partial charge in [-0.3, -0.25) is 4.98 Å². The van der Waals surface area contributed by atoms with E-state index in [9.17, 15) is 0 Å². The molecule has 2 aromatic rings. The van der Waals surface area contributed by atoms with E-state index >= 15 is 0 Å². The zero-order valence-corrected chi connectivity index (χ0v) is 11.1. The lowest BCUT2D eigenvalue weighted by Crippen LogP contribution is -1.92. The van der Waals surface area contributed by atoms with Crippen LogP contribution in [-0.2, 0) is 0 Å². The van der Waals surface area contributed by atoms with Crippen molar-refractivity contribution in [3.63, 3.8) is 0 Å². The SMILES string of the molecule is COc1ccc(OC)c(-c2cnc(Br)cn2)c1. The predicted molar refractivity (Wildman–Crippen MR) is 68.3 cm³/mol. The van der Waals surface area contributed by atoms with Gasteiger partial charge in [0.25, 0.3) is 0 Å². The molecule has 0 radical (unpaired) electrons. The van der Waals surface area contributed by atoms with Gasteiger partial charge >= 0.3 is 0 Å². The molecule has 0 saturated carbocycles. The predicted octanol–water partition coefficient (Wildman–Crippen LogP) is 2.92. The molecule has 0 N–H and O–H groups in total. The Balaban J connectivity index is 2.51. The molecule has 1 aromatic heterocycles. The molecule has 0 atom stereocenters. The fraction of sp³-hybridized carbons (Fsp3) is 0.167. The van der Waals surface area contributed by atoms with E-state index in [1.54, 1.807) is 26.6 Å². The molecule has 0 amide bonds. The smallest absolute Gasteiger partial charge is 0.128 e. The third kappa shape index (κ3) is 2.55. The van der Waals surface area contributed by atoms with E-state index in [1.165, 1.54) is 0 Å². The second-order valence-corrected chi connectivity index (χ2v) is 4.10. The summed E-state index contributed by atoms with van der Waals surface area (Å²) in [5.41, 5.74) is 1.59. The Bertz CT molecular complexity index is 514. The Morgan fingerprint density at radius 2 is 1.88 bits per heavy atom. The molecule has 1 aromatic carbocycles. The molecule has 0 aliphatic rings. The van der Waals surface area contributed by atoms with Crippen LogP contribution < -0.4 is 9.47 Å². The second-order valence-electron chi connectivity index (χ2n) is 3.29. The summed E-state index contributed by atoms with van der Waals surface area (Å²) in [4.78, 5) is 8.43. The number of nitrogens with zero attached hydrogens (tertiary/aromatic N) is 2. The van der Waals surface area contributed by atoms with Crippen LogP contribution in [-0.4, -0.2) is 24.2 Å². The number of benzene rings is 1. The van der Waals surface area contributed by atoms with E-state index in [4.69, 9.17) is 9.47 Å². The molecule has 4 nitrogen and oxygen atoms in total. The lowest BCUT2D eigenvalue weighted by atomic mass is 10.1. The summed E-state index contributed by atoms with van der Waals surface area (Å²) in [6, 6.07) is 5.56. The van der Waals surface area contributed by atoms with E-state index in [-0.39, 0.29) is 0 Å². The van der Waals surface area contributed by atoms with Crippen molar-refractivity contribution in [3.05, 3.63) is 35.2 Å². The number of methoxy groups -OCH3 is 2. The van der Waals surface area contributed by atoms with Crippen LogP contribution in [0.4, 0.5) is 0 Å². The highest BCUT2D eigenvalue weighted by molar-refractivity contribution is 9.10. The van der Waals surface area contributed by atoms with Crippen LogP contribution in [0.3, 0.4) is 0 Å². The Kier molecular flexibility index (Phi) is 3.58. The maximum atomic E-state index is 5.29. The molecule has 0 bridgehead atoms. The van der Waals surface area contributed by atoms with Crippen molar-refractivity contribution < 1.29 is 9.47 Å². The standard InChI is InChI=1S/C12H11BrN2O2/c1-16-8-3-4-11(17-2)9(5-8)10-6-15-12(13)7-14-10/h3-7H,1-2H3. The van der Waals surface area contributed by atoms with Crippen LogP contribution >= 0.6 is 15.9 Å². The molecule has 0 aliphatic carbocycles. The van der Waals surface area contributed by atoms with Crippen LogP contribution in [0.15, 0.2) is 35.2 Å². The van der Waals surface area contributed by atoms with Gasteiger partial charge in [-0.2, -0.15) is 0 Å². The van der Waals surface area contributed by atoms with E-state index in [2.05, 4.69) is 25.9 Å². The molecule has 1 heterocycles. The second kappa shape index (κ2) is 5.14. The molecular weight excluding hydrogens is 284 g/mol. The largest absolute Gasteiger partial charge is 0.497 e. The molecule has 0 aliphatic heterocycles. The fourth-order valence-corrected chi connectivity index (χ4v) is 1.67. The zero-order chi connectivity index (χ0) is 12.3. The van der Waals surface area contributed by atoms with Gasteiger partial charge < -0.3 is 9.47 Å². The van der Waals surface area contributed by atoms with Gasteiger partial charge in [-0.25, -0.2) is 4.98 Å². The quantitative estimate of drug-likeness (QED) is 0.873. The highest BCUT2D eigenvalue weighted by atomic mass is 79.9. The summed E-state index contributed by atoms with van der Waals surface area (Å²) in [6.07, 6.45) is 3.33. The Morgan fingerprint density at radius 1 is 1.06 bits per heavy atom. The summed E-state index contributed by atoms with van der Waals surface area (Å²) >= 11 is 3.25. The fourth-order valence-electron chi connectivity index (χ4n) is 1.47. The summed E-state index contributed by atoms with van der Waals surface area (Å²) in [7, 11) is 3.25. The first-order chi connectivity index (χ1) is 8.24. The van der Waals surface area contributed by atoms with Gasteiger partial charge in [0, 0.05) is 5.56 Å². The van der Waals surface area contributed by atoms with Crippen molar-refractivity contribution >= 4 is 15.9 Å². The molecule has 5 heteroatoms. The van der Waals surface area contributed by atoms with Gasteiger partial charge in [0.15, 0.2) is 0 Å². The average molecular weight is 295 g/mol. The van der Waals surface area contributed by atoms with Crippen LogP contribution in [0.2, 0.25) is 0 Å². The van der Waals surface area contributed by atoms with Crippen molar-refractivity contribution in [1.82, 2.24) is 9.97 Å². The minimum Gasteiger partial charge on any atom is -0.497 e. The third-order valence-corrected chi connectivity index (χ3v) is 2.71. The Labute approximate surface area is 108 Å². The summed E-state index contributed by atoms with van der Waals surface area (Å²) < 4.78 is 11.2. The number of rotatable bonds is 3. The first kappa shape index (κ1) is 11.9. The molecule has 88 valence electrons. The molecule has 2 rings (SSSR count). The normalized spacial score (nSPS) is 10.1.